The number of aromatic nitrogens is 3. The van der Waals surface area contributed by atoms with Crippen molar-refractivity contribution in [3.8, 4) is 0 Å². The molecule has 0 bridgehead atoms. The lowest BCUT2D eigenvalue weighted by molar-refractivity contribution is 0.558. The Morgan fingerprint density at radius 3 is 3.15 bits per heavy atom. The molecule has 1 atom stereocenters. The minimum absolute atomic E-state index is 0.0733. The Balaban J connectivity index is 1.75. The summed E-state index contributed by atoms with van der Waals surface area (Å²) in [6.45, 7) is 2.56. The molecule has 0 aliphatic rings. The molecule has 0 aliphatic carbocycles. The molecule has 0 aliphatic heterocycles. The van der Waals surface area contributed by atoms with Crippen LogP contribution < -0.4 is 10.9 Å². The summed E-state index contributed by atoms with van der Waals surface area (Å²) in [6, 6.07) is 5.93. The quantitative estimate of drug-likeness (QED) is 0.771. The van der Waals surface area contributed by atoms with Crippen molar-refractivity contribution in [3.05, 3.63) is 57.7 Å². The summed E-state index contributed by atoms with van der Waals surface area (Å²) in [5.41, 5.74) is 1.78. The highest BCUT2D eigenvalue weighted by atomic mass is 32.1. The lowest BCUT2D eigenvalue weighted by Gasteiger charge is -2.13. The third-order valence-electron chi connectivity index (χ3n) is 3.12. The first-order valence-corrected chi connectivity index (χ1v) is 7.22. The van der Waals surface area contributed by atoms with Crippen LogP contribution in [0.25, 0.3) is 10.2 Å². The van der Waals surface area contributed by atoms with E-state index < -0.39 is 0 Å². The molecule has 0 aromatic carbocycles. The normalized spacial score (nSPS) is 12.7. The Morgan fingerprint density at radius 2 is 2.35 bits per heavy atom. The van der Waals surface area contributed by atoms with Crippen LogP contribution in [-0.4, -0.2) is 15.0 Å². The van der Waals surface area contributed by atoms with Gasteiger partial charge >= 0.3 is 0 Å². The smallest absolute Gasteiger partial charge is 0.268 e. The Labute approximate surface area is 119 Å². The maximum absolute atomic E-state index is 11.9. The molecule has 0 radical (unpaired) electrons. The Bertz CT molecular complexity index is 765. The van der Waals surface area contributed by atoms with Crippen molar-refractivity contribution in [2.24, 2.45) is 0 Å². The summed E-state index contributed by atoms with van der Waals surface area (Å²) >= 11 is 1.41. The molecule has 0 saturated carbocycles. The molecular weight excluding hydrogens is 272 g/mol. The van der Waals surface area contributed by atoms with Crippen molar-refractivity contribution in [2.45, 2.75) is 19.5 Å². The number of nitrogens with zero attached hydrogens (tertiary/aromatic N) is 2. The molecule has 20 heavy (non-hydrogen) atoms. The number of thiophene rings is 1. The van der Waals surface area contributed by atoms with Crippen LogP contribution in [0.15, 0.2) is 40.8 Å². The zero-order valence-corrected chi connectivity index (χ0v) is 11.8. The van der Waals surface area contributed by atoms with E-state index in [0.29, 0.717) is 17.1 Å². The van der Waals surface area contributed by atoms with Crippen molar-refractivity contribution in [3.63, 3.8) is 0 Å². The molecule has 0 fully saturated rings. The molecular formula is C14H14N4OS. The molecule has 6 heteroatoms. The summed E-state index contributed by atoms with van der Waals surface area (Å²) in [4.78, 5) is 23.2. The fourth-order valence-corrected chi connectivity index (χ4v) is 2.73. The van der Waals surface area contributed by atoms with Gasteiger partial charge in [-0.1, -0.05) is 6.07 Å². The maximum Gasteiger partial charge on any atom is 0.268 e. The second-order valence-electron chi connectivity index (χ2n) is 4.54. The summed E-state index contributed by atoms with van der Waals surface area (Å²) < 4.78 is 0.675. The summed E-state index contributed by atoms with van der Waals surface area (Å²) in [7, 11) is 0. The first-order valence-electron chi connectivity index (χ1n) is 6.34. The van der Waals surface area contributed by atoms with Gasteiger partial charge in [-0.25, -0.2) is 4.98 Å². The molecule has 0 saturated heterocycles. The van der Waals surface area contributed by atoms with Crippen LogP contribution in [-0.2, 0) is 6.54 Å². The molecule has 2 N–H and O–H groups in total. The molecule has 0 unspecified atom stereocenters. The van der Waals surface area contributed by atoms with Crippen molar-refractivity contribution < 1.29 is 0 Å². The minimum Gasteiger partial charge on any atom is -0.308 e. The standard InChI is InChI=1S/C14H14N4OS/c1-9(10-3-2-5-15-7-10)16-8-12-17-11-4-6-20-13(11)14(19)18-12/h2-7,9,16H,8H2,1H3,(H,17,18,19)/t9-/m1/s1. The van der Waals surface area contributed by atoms with Gasteiger partial charge in [0.1, 0.15) is 10.5 Å². The minimum atomic E-state index is -0.0733. The first kappa shape index (κ1) is 13.0. The van der Waals surface area contributed by atoms with Crippen LogP contribution in [0.3, 0.4) is 0 Å². The van der Waals surface area contributed by atoms with Gasteiger partial charge in [-0.05, 0) is 30.0 Å². The van der Waals surface area contributed by atoms with Crippen molar-refractivity contribution in [1.29, 1.82) is 0 Å². The molecule has 3 rings (SSSR count). The molecule has 3 aromatic rings. The molecule has 0 amide bonds. The highest BCUT2D eigenvalue weighted by Crippen LogP contribution is 2.14. The fourth-order valence-electron chi connectivity index (χ4n) is 2.01. The van der Waals surface area contributed by atoms with Gasteiger partial charge < -0.3 is 10.3 Å². The largest absolute Gasteiger partial charge is 0.308 e. The molecule has 0 spiro atoms. The topological polar surface area (TPSA) is 70.7 Å². The Morgan fingerprint density at radius 1 is 1.45 bits per heavy atom. The molecule has 3 heterocycles. The monoisotopic (exact) mass is 286 g/mol. The fraction of sp³-hybridized carbons (Fsp3) is 0.214. The zero-order chi connectivity index (χ0) is 13.9. The van der Waals surface area contributed by atoms with Crippen molar-refractivity contribution in [1.82, 2.24) is 20.3 Å². The van der Waals surface area contributed by atoms with E-state index in [9.17, 15) is 4.79 Å². The van der Waals surface area contributed by atoms with Gasteiger partial charge in [-0.3, -0.25) is 9.78 Å². The molecule has 102 valence electrons. The van der Waals surface area contributed by atoms with Crippen LogP contribution >= 0.6 is 11.3 Å². The van der Waals surface area contributed by atoms with E-state index in [0.717, 1.165) is 11.1 Å². The predicted molar refractivity (Wildman–Crippen MR) is 79.7 cm³/mol. The first-order chi connectivity index (χ1) is 9.74. The lowest BCUT2D eigenvalue weighted by Crippen LogP contribution is -2.22. The molecule has 3 aromatic heterocycles. The summed E-state index contributed by atoms with van der Waals surface area (Å²) in [5.74, 6) is 0.650. The number of nitrogens with one attached hydrogen (secondary N) is 2. The van der Waals surface area contributed by atoms with Crippen LogP contribution in [0, 0.1) is 0 Å². The number of pyridine rings is 1. The van der Waals surface area contributed by atoms with E-state index in [1.807, 2.05) is 29.8 Å². The van der Waals surface area contributed by atoms with E-state index in [-0.39, 0.29) is 11.6 Å². The second kappa shape index (κ2) is 5.52. The van der Waals surface area contributed by atoms with Gasteiger partial charge in [0.2, 0.25) is 0 Å². The van der Waals surface area contributed by atoms with E-state index in [1.54, 1.807) is 6.20 Å². The lowest BCUT2D eigenvalue weighted by atomic mass is 10.1. The van der Waals surface area contributed by atoms with Gasteiger partial charge in [0.25, 0.3) is 5.56 Å². The van der Waals surface area contributed by atoms with Gasteiger partial charge in [0.05, 0.1) is 12.1 Å². The van der Waals surface area contributed by atoms with Crippen LogP contribution in [0.1, 0.15) is 24.4 Å². The van der Waals surface area contributed by atoms with Crippen molar-refractivity contribution in [2.75, 3.05) is 0 Å². The highest BCUT2D eigenvalue weighted by molar-refractivity contribution is 7.17. The number of hydrogen-bond acceptors (Lipinski definition) is 5. The number of aromatic amines is 1. The number of rotatable bonds is 4. The Kier molecular flexibility index (Phi) is 3.58. The number of hydrogen-bond donors (Lipinski definition) is 2. The summed E-state index contributed by atoms with van der Waals surface area (Å²) in [5, 5.41) is 5.21. The Hall–Kier alpha value is -2.05. The molecule has 5 nitrogen and oxygen atoms in total. The van der Waals surface area contributed by atoms with Gasteiger partial charge in [-0.15, -0.1) is 11.3 Å². The predicted octanol–water partition coefficient (Wildman–Crippen LogP) is 2.23. The summed E-state index contributed by atoms with van der Waals surface area (Å²) in [6.07, 6.45) is 3.58. The zero-order valence-electron chi connectivity index (χ0n) is 11.0. The second-order valence-corrected chi connectivity index (χ2v) is 5.45. The third-order valence-corrected chi connectivity index (χ3v) is 4.03. The van der Waals surface area contributed by atoms with E-state index in [1.165, 1.54) is 11.3 Å². The van der Waals surface area contributed by atoms with Gasteiger partial charge in [0.15, 0.2) is 0 Å². The van der Waals surface area contributed by atoms with E-state index in [4.69, 9.17) is 0 Å². The van der Waals surface area contributed by atoms with Gasteiger partial charge in [0, 0.05) is 18.4 Å². The third kappa shape index (κ3) is 2.61. The average Bonchev–Trinajstić information content (AvgIpc) is 2.94. The van der Waals surface area contributed by atoms with Crippen LogP contribution in [0.2, 0.25) is 0 Å². The van der Waals surface area contributed by atoms with E-state index in [2.05, 4.69) is 27.2 Å². The SMILES string of the molecule is C[C@@H](NCc1nc2ccsc2c(=O)[nH]1)c1cccnc1. The number of H-pyrrole nitrogens is 1. The maximum atomic E-state index is 11.9. The van der Waals surface area contributed by atoms with Crippen LogP contribution in [0.4, 0.5) is 0 Å². The number of fused-ring (bicyclic) bond motifs is 1. The van der Waals surface area contributed by atoms with Crippen LogP contribution in [0.5, 0.6) is 0 Å². The van der Waals surface area contributed by atoms with Gasteiger partial charge in [-0.2, -0.15) is 0 Å². The van der Waals surface area contributed by atoms with E-state index >= 15 is 0 Å². The average molecular weight is 286 g/mol. The highest BCUT2D eigenvalue weighted by Gasteiger charge is 2.08. The van der Waals surface area contributed by atoms with Crippen molar-refractivity contribution >= 4 is 21.6 Å².